The Hall–Kier alpha value is -2.41. The summed E-state index contributed by atoms with van der Waals surface area (Å²) in [6.07, 6.45) is 0.800. The first-order valence-electron chi connectivity index (χ1n) is 8.75. The van der Waals surface area contributed by atoms with Crippen LogP contribution in [-0.2, 0) is 16.4 Å². The van der Waals surface area contributed by atoms with E-state index in [-0.39, 0.29) is 9.92 Å². The van der Waals surface area contributed by atoms with Crippen molar-refractivity contribution < 1.29 is 12.8 Å². The van der Waals surface area contributed by atoms with Crippen molar-refractivity contribution >= 4 is 44.6 Å². The lowest BCUT2D eigenvalue weighted by molar-refractivity contribution is 0.600. The van der Waals surface area contributed by atoms with Gasteiger partial charge in [0.15, 0.2) is 0 Å². The van der Waals surface area contributed by atoms with Gasteiger partial charge in [-0.3, -0.25) is 9.71 Å². The summed E-state index contributed by atoms with van der Waals surface area (Å²) in [5.74, 6) is -0.606. The summed E-state index contributed by atoms with van der Waals surface area (Å²) in [6.45, 7) is 0.629. The predicted octanol–water partition coefficient (Wildman–Crippen LogP) is 5.33. The topological polar surface area (TPSA) is 58.5 Å². The minimum atomic E-state index is -3.98. The highest BCUT2D eigenvalue weighted by molar-refractivity contribution is 7.92. The molecule has 0 radical (unpaired) electrons. The minimum absolute atomic E-state index is 0.184. The molecule has 148 valence electrons. The van der Waals surface area contributed by atoms with E-state index in [0.717, 1.165) is 47.0 Å². The third-order valence-electron chi connectivity index (χ3n) is 4.55. The van der Waals surface area contributed by atoms with Crippen molar-refractivity contribution in [2.75, 3.05) is 11.3 Å². The molecule has 0 amide bonds. The number of halogens is 3. The van der Waals surface area contributed by atoms with Crippen molar-refractivity contribution in [2.24, 2.45) is 4.99 Å². The fraction of sp³-hybridized carbons (Fsp3) is 0.0952. The first-order chi connectivity index (χ1) is 13.8. The Balaban J connectivity index is 1.68. The number of rotatable bonds is 4. The molecule has 1 heterocycles. The summed E-state index contributed by atoms with van der Waals surface area (Å²) in [6, 6.07) is 15.7. The predicted molar refractivity (Wildman–Crippen MR) is 114 cm³/mol. The van der Waals surface area contributed by atoms with Gasteiger partial charge in [0, 0.05) is 28.4 Å². The summed E-state index contributed by atoms with van der Waals surface area (Å²) >= 11 is 12.0. The Morgan fingerprint density at radius 1 is 1.00 bits per heavy atom. The second-order valence-corrected chi connectivity index (χ2v) is 9.04. The van der Waals surface area contributed by atoms with Crippen LogP contribution >= 0.6 is 23.2 Å². The molecule has 0 atom stereocenters. The van der Waals surface area contributed by atoms with Crippen LogP contribution in [0.25, 0.3) is 0 Å². The third-order valence-corrected chi connectivity index (χ3v) is 6.64. The Bertz CT molecular complexity index is 1240. The van der Waals surface area contributed by atoms with Crippen LogP contribution in [0.1, 0.15) is 16.7 Å². The molecule has 29 heavy (non-hydrogen) atoms. The zero-order valence-electron chi connectivity index (χ0n) is 15.0. The molecule has 0 spiro atoms. The fourth-order valence-corrected chi connectivity index (χ4v) is 5.03. The molecule has 3 aromatic rings. The average Bonchev–Trinajstić information content (AvgIpc) is 2.66. The summed E-state index contributed by atoms with van der Waals surface area (Å²) in [7, 11) is -3.98. The maximum absolute atomic E-state index is 13.2. The lowest BCUT2D eigenvalue weighted by atomic mass is 9.93. The van der Waals surface area contributed by atoms with Crippen LogP contribution in [0.4, 0.5) is 10.1 Å². The molecule has 0 aromatic heterocycles. The van der Waals surface area contributed by atoms with Crippen LogP contribution in [0, 0.1) is 5.82 Å². The number of anilines is 1. The highest BCUT2D eigenvalue weighted by Gasteiger charge is 2.20. The van der Waals surface area contributed by atoms with Crippen LogP contribution in [0.5, 0.6) is 0 Å². The summed E-state index contributed by atoms with van der Waals surface area (Å²) < 4.78 is 41.1. The molecule has 0 fully saturated rings. The van der Waals surface area contributed by atoms with Gasteiger partial charge in [-0.25, -0.2) is 12.8 Å². The van der Waals surface area contributed by atoms with Crippen molar-refractivity contribution in [3.8, 4) is 0 Å². The van der Waals surface area contributed by atoms with Gasteiger partial charge in [0.05, 0.1) is 10.7 Å². The Kier molecular flexibility index (Phi) is 5.34. The molecule has 4 rings (SSSR count). The van der Waals surface area contributed by atoms with Gasteiger partial charge in [0.2, 0.25) is 0 Å². The zero-order valence-corrected chi connectivity index (χ0v) is 17.3. The van der Waals surface area contributed by atoms with Gasteiger partial charge in [0.1, 0.15) is 10.7 Å². The first kappa shape index (κ1) is 19.9. The summed E-state index contributed by atoms with van der Waals surface area (Å²) in [5, 5.41) is 0.485. The molecule has 1 aliphatic rings. The van der Waals surface area contributed by atoms with Crippen LogP contribution in [0.2, 0.25) is 10.0 Å². The van der Waals surface area contributed by atoms with Gasteiger partial charge < -0.3 is 0 Å². The molecule has 0 bridgehead atoms. The van der Waals surface area contributed by atoms with Gasteiger partial charge >= 0.3 is 0 Å². The molecule has 0 unspecified atom stereocenters. The summed E-state index contributed by atoms with van der Waals surface area (Å²) in [4.78, 5) is 4.43. The first-order valence-corrected chi connectivity index (χ1v) is 11.0. The molecule has 1 aliphatic heterocycles. The SMILES string of the molecule is O=S(=O)(Nc1cccc(C2=NCCc3cc(Cl)ccc32)c1)c1ccc(F)cc1Cl. The van der Waals surface area contributed by atoms with Crippen molar-refractivity contribution in [1.82, 2.24) is 0 Å². The normalized spacial score (nSPS) is 13.6. The van der Waals surface area contributed by atoms with E-state index in [2.05, 4.69) is 9.71 Å². The zero-order chi connectivity index (χ0) is 20.6. The standard InChI is InChI=1S/C21H15Cl2FN2O2S/c22-15-4-6-18-13(10-15)8-9-25-21(18)14-2-1-3-17(11-14)26-29(27,28)20-7-5-16(24)12-19(20)23/h1-7,10-12,26H,8-9H2. The van der Waals surface area contributed by atoms with Crippen LogP contribution < -0.4 is 4.72 Å². The van der Waals surface area contributed by atoms with E-state index in [9.17, 15) is 12.8 Å². The van der Waals surface area contributed by atoms with E-state index < -0.39 is 15.8 Å². The van der Waals surface area contributed by atoms with Crippen LogP contribution in [-0.4, -0.2) is 20.7 Å². The van der Waals surface area contributed by atoms with Gasteiger partial charge in [-0.05, 0) is 54.4 Å². The van der Waals surface area contributed by atoms with Crippen molar-refractivity contribution in [3.05, 3.63) is 93.2 Å². The van der Waals surface area contributed by atoms with Crippen molar-refractivity contribution in [2.45, 2.75) is 11.3 Å². The van der Waals surface area contributed by atoms with E-state index in [1.54, 1.807) is 18.2 Å². The van der Waals surface area contributed by atoms with Gasteiger partial charge in [-0.2, -0.15) is 0 Å². The molecule has 0 saturated carbocycles. The van der Waals surface area contributed by atoms with Gasteiger partial charge in [-0.1, -0.05) is 41.4 Å². The maximum atomic E-state index is 13.2. The number of nitrogens with zero attached hydrogens (tertiary/aromatic N) is 1. The Labute approximate surface area is 178 Å². The van der Waals surface area contributed by atoms with E-state index in [1.165, 1.54) is 0 Å². The Morgan fingerprint density at radius 2 is 1.83 bits per heavy atom. The maximum Gasteiger partial charge on any atom is 0.263 e. The molecular formula is C21H15Cl2FN2O2S. The van der Waals surface area contributed by atoms with E-state index >= 15 is 0 Å². The van der Waals surface area contributed by atoms with E-state index in [4.69, 9.17) is 23.2 Å². The highest BCUT2D eigenvalue weighted by Crippen LogP contribution is 2.27. The van der Waals surface area contributed by atoms with Gasteiger partial charge in [-0.15, -0.1) is 0 Å². The molecule has 1 N–H and O–H groups in total. The minimum Gasteiger partial charge on any atom is -0.284 e. The second-order valence-electron chi connectivity index (χ2n) is 6.54. The summed E-state index contributed by atoms with van der Waals surface area (Å²) in [5.41, 5.74) is 3.99. The number of fused-ring (bicyclic) bond motifs is 1. The molecule has 8 heteroatoms. The number of sulfonamides is 1. The average molecular weight is 449 g/mol. The molecular weight excluding hydrogens is 434 g/mol. The quantitative estimate of drug-likeness (QED) is 0.586. The van der Waals surface area contributed by atoms with E-state index in [1.807, 2.05) is 24.3 Å². The number of hydrogen-bond acceptors (Lipinski definition) is 3. The number of aliphatic imine (C=N–C) groups is 1. The second kappa shape index (κ2) is 7.78. The van der Waals surface area contributed by atoms with Gasteiger partial charge in [0.25, 0.3) is 10.0 Å². The van der Waals surface area contributed by atoms with Crippen LogP contribution in [0.15, 0.2) is 70.6 Å². The van der Waals surface area contributed by atoms with Crippen molar-refractivity contribution in [1.29, 1.82) is 0 Å². The fourth-order valence-electron chi connectivity index (χ4n) is 3.25. The highest BCUT2D eigenvalue weighted by atomic mass is 35.5. The molecule has 0 saturated heterocycles. The monoisotopic (exact) mass is 448 g/mol. The molecule has 0 aliphatic carbocycles. The Morgan fingerprint density at radius 3 is 2.62 bits per heavy atom. The van der Waals surface area contributed by atoms with Crippen molar-refractivity contribution in [3.63, 3.8) is 0 Å². The van der Waals surface area contributed by atoms with Crippen LogP contribution in [0.3, 0.4) is 0 Å². The molecule has 4 nitrogen and oxygen atoms in total. The number of nitrogens with one attached hydrogen (secondary N) is 1. The third kappa shape index (κ3) is 4.15. The number of benzene rings is 3. The lowest BCUT2D eigenvalue weighted by Gasteiger charge is -2.18. The lowest BCUT2D eigenvalue weighted by Crippen LogP contribution is -2.16. The largest absolute Gasteiger partial charge is 0.284 e. The molecule has 3 aromatic carbocycles. The van der Waals surface area contributed by atoms with E-state index in [0.29, 0.717) is 17.3 Å². The number of hydrogen-bond donors (Lipinski definition) is 1. The smallest absolute Gasteiger partial charge is 0.263 e.